The quantitative estimate of drug-likeness (QED) is 0.176. The molecule has 0 amide bonds. The fourth-order valence-corrected chi connectivity index (χ4v) is 4.66. The molecule has 4 rings (SSSR count). The van der Waals surface area contributed by atoms with E-state index in [1.54, 1.807) is 42.5 Å². The van der Waals surface area contributed by atoms with Crippen molar-refractivity contribution in [2.24, 2.45) is 0 Å². The summed E-state index contributed by atoms with van der Waals surface area (Å²) in [6, 6.07) is 20.0. The van der Waals surface area contributed by atoms with Crippen molar-refractivity contribution in [3.8, 4) is 17.2 Å². The number of halogens is 7. The second-order valence-electron chi connectivity index (χ2n) is 9.36. The molecule has 0 bridgehead atoms. The molecule has 0 aliphatic heterocycles. The highest BCUT2D eigenvalue weighted by Gasteiger charge is 2.32. The number of aryl methyl sites for hydroxylation is 1. The van der Waals surface area contributed by atoms with Gasteiger partial charge in [-0.3, -0.25) is 5.32 Å². The van der Waals surface area contributed by atoms with Gasteiger partial charge in [-0.15, -0.1) is 13.2 Å². The largest absolute Gasteiger partial charge is 0.573 e. The molecule has 0 spiro atoms. The summed E-state index contributed by atoms with van der Waals surface area (Å²) in [5, 5.41) is 13.9. The van der Waals surface area contributed by atoms with E-state index in [9.17, 15) is 31.4 Å². The van der Waals surface area contributed by atoms with Crippen LogP contribution in [0.1, 0.15) is 46.8 Å². The number of nitrogens with one attached hydrogen (secondary N) is 1. The average Bonchev–Trinajstić information content (AvgIpc) is 2.94. The number of aliphatic hydroxyl groups is 1. The Morgan fingerprint density at radius 1 is 0.762 bits per heavy atom. The Morgan fingerprint density at radius 3 is 2.05 bits per heavy atom. The average molecular weight is 610 g/mol. The minimum atomic E-state index is -4.88. The van der Waals surface area contributed by atoms with Gasteiger partial charge in [0.15, 0.2) is 0 Å². The van der Waals surface area contributed by atoms with E-state index in [2.05, 4.69) is 10.1 Å². The van der Waals surface area contributed by atoms with E-state index in [4.69, 9.17) is 16.3 Å². The zero-order chi connectivity index (χ0) is 30.5. The molecule has 11 heteroatoms. The Bertz CT molecular complexity index is 1490. The van der Waals surface area contributed by atoms with E-state index in [-0.39, 0.29) is 5.56 Å². The predicted octanol–water partition coefficient (Wildman–Crippen LogP) is 9.02. The van der Waals surface area contributed by atoms with Gasteiger partial charge in [0.25, 0.3) is 0 Å². The fraction of sp³-hybridized carbons (Fsp3) is 0.226. The van der Waals surface area contributed by atoms with E-state index in [1.165, 1.54) is 24.3 Å². The van der Waals surface area contributed by atoms with E-state index in [1.807, 2.05) is 6.92 Å². The fourth-order valence-electron chi connectivity index (χ4n) is 4.41. The molecule has 0 fully saturated rings. The van der Waals surface area contributed by atoms with Crippen molar-refractivity contribution >= 4 is 11.6 Å². The first kappa shape index (κ1) is 31.2. The third kappa shape index (κ3) is 8.18. The summed E-state index contributed by atoms with van der Waals surface area (Å²) in [5.74, 6) is 0.525. The van der Waals surface area contributed by atoms with Crippen molar-refractivity contribution in [2.45, 2.75) is 38.0 Å². The van der Waals surface area contributed by atoms with E-state index >= 15 is 0 Å². The SMILES string of the molecule is CCc1cc(Oc2cccc(C(NC(CO)c3cccc(C(F)(F)F)c3)c3ccc(OC(F)(F)F)cc3)c2)ccc1Cl. The Balaban J connectivity index is 1.70. The van der Waals surface area contributed by atoms with Crippen LogP contribution in [0.4, 0.5) is 26.3 Å². The van der Waals surface area contributed by atoms with Gasteiger partial charge in [-0.25, -0.2) is 0 Å². The number of ether oxygens (including phenoxy) is 2. The second kappa shape index (κ2) is 13.1. The summed E-state index contributed by atoms with van der Waals surface area (Å²) in [5.41, 5.74) is 1.22. The lowest BCUT2D eigenvalue weighted by molar-refractivity contribution is -0.274. The highest BCUT2D eigenvalue weighted by Crippen LogP contribution is 2.35. The van der Waals surface area contributed by atoms with Gasteiger partial charge in [-0.1, -0.05) is 54.9 Å². The van der Waals surface area contributed by atoms with Gasteiger partial charge in [0, 0.05) is 5.02 Å². The first-order chi connectivity index (χ1) is 19.9. The molecule has 0 saturated heterocycles. The Kier molecular flexibility index (Phi) is 9.71. The third-order valence-corrected chi connectivity index (χ3v) is 6.81. The highest BCUT2D eigenvalue weighted by atomic mass is 35.5. The monoisotopic (exact) mass is 609 g/mol. The van der Waals surface area contributed by atoms with E-state index in [0.717, 1.165) is 29.8 Å². The van der Waals surface area contributed by atoms with Gasteiger partial charge in [0.2, 0.25) is 0 Å². The molecule has 42 heavy (non-hydrogen) atoms. The highest BCUT2D eigenvalue weighted by molar-refractivity contribution is 6.31. The van der Waals surface area contributed by atoms with Gasteiger partial charge >= 0.3 is 12.5 Å². The van der Waals surface area contributed by atoms with Gasteiger partial charge < -0.3 is 14.6 Å². The summed E-state index contributed by atoms with van der Waals surface area (Å²) >= 11 is 6.21. The molecule has 2 unspecified atom stereocenters. The standard InChI is InChI=1S/C31H26ClF6NO3/c1-2-19-16-26(13-14-27(19)32)41-25-8-4-6-22(17-25)29(20-9-11-24(12-10-20)42-31(36,37)38)39-28(18-40)21-5-3-7-23(15-21)30(33,34)35/h3-17,28-29,39-40H,2,18H2,1H3. The number of benzene rings is 4. The molecule has 0 saturated carbocycles. The number of hydrogen-bond donors (Lipinski definition) is 2. The maximum atomic E-state index is 13.4. The molecule has 2 atom stereocenters. The van der Waals surface area contributed by atoms with Gasteiger partial charge in [-0.05, 0) is 83.3 Å². The Morgan fingerprint density at radius 2 is 1.40 bits per heavy atom. The molecule has 222 valence electrons. The van der Waals surface area contributed by atoms with Crippen molar-refractivity contribution < 1.29 is 40.9 Å². The normalized spacial score (nSPS) is 13.5. The number of rotatable bonds is 10. The van der Waals surface area contributed by atoms with Crippen molar-refractivity contribution in [1.82, 2.24) is 5.32 Å². The van der Waals surface area contributed by atoms with Crippen LogP contribution in [-0.4, -0.2) is 18.1 Å². The first-order valence-corrected chi connectivity index (χ1v) is 13.2. The molecule has 0 heterocycles. The third-order valence-electron chi connectivity index (χ3n) is 6.44. The summed E-state index contributed by atoms with van der Waals surface area (Å²) in [4.78, 5) is 0. The first-order valence-electron chi connectivity index (χ1n) is 12.8. The number of hydrogen-bond acceptors (Lipinski definition) is 4. The Labute approximate surface area is 243 Å². The predicted molar refractivity (Wildman–Crippen MR) is 147 cm³/mol. The van der Waals surface area contributed by atoms with Crippen LogP contribution < -0.4 is 14.8 Å². The maximum Gasteiger partial charge on any atom is 0.573 e. The summed E-state index contributed by atoms with van der Waals surface area (Å²) < 4.78 is 88.3. The van der Waals surface area contributed by atoms with Crippen molar-refractivity contribution in [1.29, 1.82) is 0 Å². The topological polar surface area (TPSA) is 50.7 Å². The van der Waals surface area contributed by atoms with Gasteiger partial charge in [0.05, 0.1) is 24.3 Å². The smallest absolute Gasteiger partial charge is 0.457 e. The van der Waals surface area contributed by atoms with Crippen LogP contribution in [0, 0.1) is 0 Å². The molecule has 4 aromatic carbocycles. The number of alkyl halides is 6. The van der Waals surface area contributed by atoms with Crippen LogP contribution in [0.15, 0.2) is 91.0 Å². The van der Waals surface area contributed by atoms with Crippen LogP contribution in [0.5, 0.6) is 17.2 Å². The summed E-state index contributed by atoms with van der Waals surface area (Å²) in [6.07, 6.45) is -8.78. The zero-order valence-electron chi connectivity index (χ0n) is 22.1. The molecule has 2 N–H and O–H groups in total. The molecule has 0 aliphatic rings. The molecule has 4 aromatic rings. The van der Waals surface area contributed by atoms with E-state index in [0.29, 0.717) is 34.1 Å². The minimum Gasteiger partial charge on any atom is -0.457 e. The number of aliphatic hydroxyl groups excluding tert-OH is 1. The zero-order valence-corrected chi connectivity index (χ0v) is 22.9. The van der Waals surface area contributed by atoms with Crippen LogP contribution >= 0.6 is 11.6 Å². The summed E-state index contributed by atoms with van der Waals surface area (Å²) in [6.45, 7) is 1.39. The van der Waals surface area contributed by atoms with Crippen LogP contribution in [0.3, 0.4) is 0 Å². The van der Waals surface area contributed by atoms with Gasteiger partial charge in [-0.2, -0.15) is 13.2 Å². The second-order valence-corrected chi connectivity index (χ2v) is 9.76. The lowest BCUT2D eigenvalue weighted by Gasteiger charge is -2.27. The molecular formula is C31H26ClF6NO3. The van der Waals surface area contributed by atoms with Crippen LogP contribution in [0.25, 0.3) is 0 Å². The van der Waals surface area contributed by atoms with Crippen LogP contribution in [0.2, 0.25) is 5.02 Å². The van der Waals surface area contributed by atoms with Crippen molar-refractivity contribution in [3.05, 3.63) is 124 Å². The van der Waals surface area contributed by atoms with Crippen LogP contribution in [-0.2, 0) is 12.6 Å². The Hall–Kier alpha value is -3.73. The summed E-state index contributed by atoms with van der Waals surface area (Å²) in [7, 11) is 0. The maximum absolute atomic E-state index is 13.4. The van der Waals surface area contributed by atoms with Crippen molar-refractivity contribution in [2.75, 3.05) is 6.61 Å². The molecule has 0 aromatic heterocycles. The molecule has 0 aliphatic carbocycles. The molecule has 0 radical (unpaired) electrons. The van der Waals surface area contributed by atoms with E-state index < -0.39 is 42.5 Å². The lowest BCUT2D eigenvalue weighted by Crippen LogP contribution is -2.30. The lowest BCUT2D eigenvalue weighted by atomic mass is 9.95. The molecular weight excluding hydrogens is 584 g/mol. The van der Waals surface area contributed by atoms with Crippen molar-refractivity contribution in [3.63, 3.8) is 0 Å². The van der Waals surface area contributed by atoms with Gasteiger partial charge in [0.1, 0.15) is 17.2 Å². The molecule has 4 nitrogen and oxygen atoms in total. The minimum absolute atomic E-state index is 0.176.